The molecule has 0 aromatic carbocycles. The molecule has 1 aromatic rings. The zero-order valence-electron chi connectivity index (χ0n) is 6.40. The summed E-state index contributed by atoms with van der Waals surface area (Å²) in [5.74, 6) is -0.351. The Balaban J connectivity index is 2.27. The molecule has 1 saturated heterocycles. The second-order valence-corrected chi connectivity index (χ2v) is 3.40. The Morgan fingerprint density at radius 2 is 2.31 bits per heavy atom. The standard InChI is InChI=1S/C7H5N3O2S/c11-6-5(13-7(12)10-6)1-4-2-8-9-3-4/h1-3H,(H,8,9)(H,10,11,12)/b5-1-. The summed E-state index contributed by atoms with van der Waals surface area (Å²) in [5, 5.41) is 8.15. The lowest BCUT2D eigenvalue weighted by atomic mass is 10.3. The number of rotatable bonds is 1. The summed E-state index contributed by atoms with van der Waals surface area (Å²) in [6.45, 7) is 0. The molecule has 5 nitrogen and oxygen atoms in total. The molecule has 1 aliphatic rings. The highest BCUT2D eigenvalue weighted by atomic mass is 32.2. The minimum absolute atomic E-state index is 0.334. The molecule has 2 amide bonds. The summed E-state index contributed by atoms with van der Waals surface area (Å²) in [7, 11) is 0. The van der Waals surface area contributed by atoms with Crippen LogP contribution in [0.25, 0.3) is 6.08 Å². The van der Waals surface area contributed by atoms with Gasteiger partial charge in [0.15, 0.2) is 0 Å². The van der Waals surface area contributed by atoms with E-state index in [1.54, 1.807) is 18.5 Å². The minimum atomic E-state index is -0.351. The maximum Gasteiger partial charge on any atom is 0.290 e. The molecule has 0 radical (unpaired) electrons. The molecule has 0 bridgehead atoms. The molecule has 2 N–H and O–H groups in total. The van der Waals surface area contributed by atoms with Crippen LogP contribution in [0.15, 0.2) is 17.3 Å². The van der Waals surface area contributed by atoms with Crippen molar-refractivity contribution in [3.05, 3.63) is 22.9 Å². The predicted molar refractivity (Wildman–Crippen MR) is 47.7 cm³/mol. The third kappa shape index (κ3) is 1.62. The summed E-state index contributed by atoms with van der Waals surface area (Å²) < 4.78 is 0. The molecule has 6 heteroatoms. The van der Waals surface area contributed by atoms with Crippen LogP contribution in [0.2, 0.25) is 0 Å². The van der Waals surface area contributed by atoms with Crippen LogP contribution in [-0.4, -0.2) is 21.3 Å². The van der Waals surface area contributed by atoms with Crippen molar-refractivity contribution in [1.82, 2.24) is 15.5 Å². The van der Waals surface area contributed by atoms with Crippen molar-refractivity contribution in [2.75, 3.05) is 0 Å². The zero-order valence-corrected chi connectivity index (χ0v) is 7.22. The molecule has 0 saturated carbocycles. The third-order valence-electron chi connectivity index (χ3n) is 1.46. The highest BCUT2D eigenvalue weighted by molar-refractivity contribution is 8.18. The van der Waals surface area contributed by atoms with Crippen molar-refractivity contribution in [2.24, 2.45) is 0 Å². The lowest BCUT2D eigenvalue weighted by Gasteiger charge is -1.86. The van der Waals surface area contributed by atoms with Crippen LogP contribution < -0.4 is 5.32 Å². The maximum absolute atomic E-state index is 11.1. The number of aromatic amines is 1. The van der Waals surface area contributed by atoms with Gasteiger partial charge < -0.3 is 0 Å². The lowest BCUT2D eigenvalue weighted by Crippen LogP contribution is -2.17. The van der Waals surface area contributed by atoms with E-state index in [2.05, 4.69) is 15.5 Å². The Hall–Kier alpha value is -1.56. The number of nitrogens with zero attached hydrogens (tertiary/aromatic N) is 1. The quantitative estimate of drug-likeness (QED) is 0.648. The van der Waals surface area contributed by atoms with E-state index in [1.807, 2.05) is 0 Å². The third-order valence-corrected chi connectivity index (χ3v) is 2.27. The van der Waals surface area contributed by atoms with Crippen molar-refractivity contribution in [3.8, 4) is 0 Å². The lowest BCUT2D eigenvalue weighted by molar-refractivity contribution is -0.115. The molecule has 2 rings (SSSR count). The number of hydrogen-bond acceptors (Lipinski definition) is 4. The Kier molecular flexibility index (Phi) is 1.90. The van der Waals surface area contributed by atoms with E-state index in [0.717, 1.165) is 17.3 Å². The number of hydrogen-bond donors (Lipinski definition) is 2. The zero-order chi connectivity index (χ0) is 9.26. The molecular weight excluding hydrogens is 190 g/mol. The van der Waals surface area contributed by atoms with E-state index in [9.17, 15) is 9.59 Å². The first-order chi connectivity index (χ1) is 6.25. The fourth-order valence-corrected chi connectivity index (χ4v) is 1.59. The summed E-state index contributed by atoms with van der Waals surface area (Å²) in [4.78, 5) is 22.2. The van der Waals surface area contributed by atoms with E-state index in [-0.39, 0.29) is 11.1 Å². The average molecular weight is 195 g/mol. The van der Waals surface area contributed by atoms with Crippen molar-refractivity contribution >= 4 is 29.0 Å². The summed E-state index contributed by atoms with van der Waals surface area (Å²) >= 11 is 0.892. The molecule has 1 aliphatic heterocycles. The average Bonchev–Trinajstić information content (AvgIpc) is 2.63. The highest BCUT2D eigenvalue weighted by Crippen LogP contribution is 2.24. The van der Waals surface area contributed by atoms with E-state index in [1.165, 1.54) is 0 Å². The molecule has 13 heavy (non-hydrogen) atoms. The van der Waals surface area contributed by atoms with Crippen molar-refractivity contribution in [3.63, 3.8) is 0 Å². The normalized spacial score (nSPS) is 19.5. The number of thioether (sulfide) groups is 1. The van der Waals surface area contributed by atoms with Crippen LogP contribution >= 0.6 is 11.8 Å². The Bertz CT molecular complexity index is 382. The highest BCUT2D eigenvalue weighted by Gasteiger charge is 2.24. The second-order valence-electron chi connectivity index (χ2n) is 2.38. The van der Waals surface area contributed by atoms with Gasteiger partial charge >= 0.3 is 0 Å². The Morgan fingerprint density at radius 1 is 1.46 bits per heavy atom. The van der Waals surface area contributed by atoms with Crippen LogP contribution in [-0.2, 0) is 4.79 Å². The summed E-state index contributed by atoms with van der Waals surface area (Å²) in [5.41, 5.74) is 0.771. The molecule has 1 aromatic heterocycles. The molecule has 0 aliphatic carbocycles. The Morgan fingerprint density at radius 3 is 2.85 bits per heavy atom. The van der Waals surface area contributed by atoms with Crippen LogP contribution in [0.1, 0.15) is 5.56 Å². The van der Waals surface area contributed by atoms with Gasteiger partial charge in [-0.1, -0.05) is 0 Å². The van der Waals surface area contributed by atoms with Crippen molar-refractivity contribution in [1.29, 1.82) is 0 Å². The monoisotopic (exact) mass is 195 g/mol. The summed E-state index contributed by atoms with van der Waals surface area (Å²) in [6, 6.07) is 0. The van der Waals surface area contributed by atoms with Gasteiger partial charge in [0.2, 0.25) is 0 Å². The largest absolute Gasteiger partial charge is 0.290 e. The Labute approximate surface area is 77.6 Å². The van der Waals surface area contributed by atoms with E-state index in [4.69, 9.17) is 0 Å². The number of amides is 2. The van der Waals surface area contributed by atoms with Gasteiger partial charge in [0.1, 0.15) is 0 Å². The van der Waals surface area contributed by atoms with E-state index < -0.39 is 0 Å². The number of aromatic nitrogens is 2. The number of carbonyl (C=O) groups excluding carboxylic acids is 2. The number of nitrogens with one attached hydrogen (secondary N) is 2. The van der Waals surface area contributed by atoms with Gasteiger partial charge in [-0.2, -0.15) is 5.10 Å². The van der Waals surface area contributed by atoms with E-state index >= 15 is 0 Å². The smallest absolute Gasteiger partial charge is 0.285 e. The molecule has 0 spiro atoms. The number of carbonyl (C=O) groups is 2. The van der Waals surface area contributed by atoms with Gasteiger partial charge in [-0.25, -0.2) is 0 Å². The molecule has 1 fully saturated rings. The number of imide groups is 1. The van der Waals surface area contributed by atoms with E-state index in [0.29, 0.717) is 4.91 Å². The number of H-pyrrole nitrogens is 1. The van der Waals surface area contributed by atoms with Gasteiger partial charge in [0.25, 0.3) is 11.1 Å². The molecule has 0 unspecified atom stereocenters. The summed E-state index contributed by atoms with van der Waals surface area (Å²) in [6.07, 6.45) is 4.82. The predicted octanol–water partition coefficient (Wildman–Crippen LogP) is 0.734. The van der Waals surface area contributed by atoms with Gasteiger partial charge in [0, 0.05) is 11.8 Å². The van der Waals surface area contributed by atoms with Crippen LogP contribution in [0.5, 0.6) is 0 Å². The molecule has 66 valence electrons. The van der Waals surface area contributed by atoms with Gasteiger partial charge in [-0.3, -0.25) is 20.0 Å². The first kappa shape index (κ1) is 8.06. The molecule has 0 atom stereocenters. The maximum atomic E-state index is 11.1. The first-order valence-corrected chi connectivity index (χ1v) is 4.31. The fourth-order valence-electron chi connectivity index (χ4n) is 0.912. The van der Waals surface area contributed by atoms with Gasteiger partial charge in [-0.05, 0) is 17.8 Å². The van der Waals surface area contributed by atoms with Crippen molar-refractivity contribution < 1.29 is 9.59 Å². The van der Waals surface area contributed by atoms with Crippen LogP contribution in [0, 0.1) is 0 Å². The topological polar surface area (TPSA) is 74.8 Å². The minimum Gasteiger partial charge on any atom is -0.285 e. The van der Waals surface area contributed by atoms with Gasteiger partial charge in [0.05, 0.1) is 11.1 Å². The molecule has 2 heterocycles. The first-order valence-electron chi connectivity index (χ1n) is 3.49. The second kappa shape index (κ2) is 3.06. The van der Waals surface area contributed by atoms with Crippen molar-refractivity contribution in [2.45, 2.75) is 0 Å². The molecular formula is C7H5N3O2S. The fraction of sp³-hybridized carbons (Fsp3) is 0. The van der Waals surface area contributed by atoms with Crippen LogP contribution in [0.4, 0.5) is 4.79 Å². The SMILES string of the molecule is O=C1NC(=O)/C(=C/c2cn[nH]c2)S1. The van der Waals surface area contributed by atoms with Crippen LogP contribution in [0.3, 0.4) is 0 Å². The van der Waals surface area contributed by atoms with Gasteiger partial charge in [-0.15, -0.1) is 0 Å².